The van der Waals surface area contributed by atoms with Crippen LogP contribution in [-0.2, 0) is 16.6 Å². The molecular weight excluding hydrogens is 538 g/mol. The maximum atomic E-state index is 13.2. The number of nitrogens with one attached hydrogen (secondary N) is 2. The Morgan fingerprint density at radius 2 is 1.36 bits per heavy atom. The van der Waals surface area contributed by atoms with Crippen molar-refractivity contribution in [2.45, 2.75) is 18.8 Å². The first-order valence-electron chi connectivity index (χ1n) is 13.8. The predicted molar refractivity (Wildman–Crippen MR) is 170 cm³/mol. The van der Waals surface area contributed by atoms with Crippen LogP contribution in [0.3, 0.4) is 0 Å². The molecule has 42 heavy (non-hydrogen) atoms. The zero-order chi connectivity index (χ0) is 28.9. The van der Waals surface area contributed by atoms with Gasteiger partial charge in [0.2, 0.25) is 5.91 Å². The molecule has 6 aromatic rings. The summed E-state index contributed by atoms with van der Waals surface area (Å²) in [7, 11) is 1.63. The van der Waals surface area contributed by atoms with E-state index in [9.17, 15) is 4.79 Å². The number of rotatable bonds is 9. The molecule has 208 valence electrons. The first-order chi connectivity index (χ1) is 20.6. The van der Waals surface area contributed by atoms with Crippen LogP contribution < -0.4 is 10.1 Å². The molecule has 0 bridgehead atoms. The number of thiophene rings is 1. The first-order valence-corrected chi connectivity index (χ1v) is 14.7. The molecular formula is C36H31N3O2S. The molecule has 0 aliphatic heterocycles. The fourth-order valence-electron chi connectivity index (χ4n) is 5.64. The first kappa shape index (κ1) is 27.2. The molecule has 2 N–H and O–H groups in total. The van der Waals surface area contributed by atoms with Crippen LogP contribution in [0.25, 0.3) is 10.6 Å². The molecule has 0 fully saturated rings. The maximum Gasteiger partial charge on any atom is 0.228 e. The van der Waals surface area contributed by atoms with E-state index in [-0.39, 0.29) is 12.3 Å². The maximum absolute atomic E-state index is 13.2. The van der Waals surface area contributed by atoms with Crippen LogP contribution in [0.5, 0.6) is 5.75 Å². The van der Waals surface area contributed by atoms with E-state index < -0.39 is 5.41 Å². The molecule has 0 radical (unpaired) electrons. The third-order valence-electron chi connectivity index (χ3n) is 7.50. The SMILES string of the molecule is COc1ccc(CC(=O)Nc2ccsc2-c2nc(C)[nH]c2C(c2ccccc2)(c2ccccc2)c2ccccc2)cc1. The van der Waals surface area contributed by atoms with Crippen LogP contribution in [0.1, 0.15) is 33.8 Å². The Bertz CT molecular complexity index is 1680. The fourth-order valence-corrected chi connectivity index (χ4v) is 6.48. The summed E-state index contributed by atoms with van der Waals surface area (Å²) in [5.41, 5.74) is 6.11. The Balaban J connectivity index is 1.48. The molecule has 6 heteroatoms. The van der Waals surface area contributed by atoms with E-state index in [1.54, 1.807) is 18.4 Å². The molecule has 0 spiro atoms. The van der Waals surface area contributed by atoms with Gasteiger partial charge in [-0.05, 0) is 52.8 Å². The number of H-pyrrole nitrogens is 1. The van der Waals surface area contributed by atoms with Crippen molar-refractivity contribution in [1.29, 1.82) is 0 Å². The number of anilines is 1. The number of aryl methyl sites for hydroxylation is 1. The summed E-state index contributed by atoms with van der Waals surface area (Å²) < 4.78 is 5.25. The lowest BCUT2D eigenvalue weighted by atomic mass is 9.66. The summed E-state index contributed by atoms with van der Waals surface area (Å²) in [6.07, 6.45) is 0.258. The number of carbonyl (C=O) groups is 1. The Labute approximate surface area is 249 Å². The van der Waals surface area contributed by atoms with Gasteiger partial charge in [-0.15, -0.1) is 11.3 Å². The van der Waals surface area contributed by atoms with E-state index in [1.165, 1.54) is 0 Å². The van der Waals surface area contributed by atoms with E-state index in [1.807, 2.05) is 60.8 Å². The van der Waals surface area contributed by atoms with Crippen molar-refractivity contribution in [3.8, 4) is 16.3 Å². The van der Waals surface area contributed by atoms with Crippen molar-refractivity contribution in [3.05, 3.63) is 160 Å². The highest BCUT2D eigenvalue weighted by Crippen LogP contribution is 2.49. The van der Waals surface area contributed by atoms with Crippen molar-refractivity contribution >= 4 is 22.9 Å². The molecule has 5 nitrogen and oxygen atoms in total. The minimum absolute atomic E-state index is 0.0888. The van der Waals surface area contributed by atoms with Gasteiger partial charge in [0, 0.05) is 0 Å². The average molecular weight is 570 g/mol. The van der Waals surface area contributed by atoms with Crippen molar-refractivity contribution in [2.24, 2.45) is 0 Å². The number of ether oxygens (including phenoxy) is 1. The highest BCUT2D eigenvalue weighted by Gasteiger charge is 2.42. The summed E-state index contributed by atoms with van der Waals surface area (Å²) in [6, 6.07) is 41.1. The second-order valence-corrected chi connectivity index (χ2v) is 11.0. The number of hydrogen-bond donors (Lipinski definition) is 2. The van der Waals surface area contributed by atoms with Crippen LogP contribution in [0, 0.1) is 6.92 Å². The van der Waals surface area contributed by atoms with Gasteiger partial charge in [-0.3, -0.25) is 4.79 Å². The van der Waals surface area contributed by atoms with Crippen molar-refractivity contribution in [1.82, 2.24) is 9.97 Å². The fraction of sp³-hybridized carbons (Fsp3) is 0.111. The lowest BCUT2D eigenvalue weighted by molar-refractivity contribution is -0.115. The number of aromatic amines is 1. The lowest BCUT2D eigenvalue weighted by Gasteiger charge is -2.36. The molecule has 0 aliphatic carbocycles. The van der Waals surface area contributed by atoms with Crippen molar-refractivity contribution in [2.75, 3.05) is 12.4 Å². The van der Waals surface area contributed by atoms with Crippen LogP contribution in [0.15, 0.2) is 127 Å². The van der Waals surface area contributed by atoms with Gasteiger partial charge in [0.25, 0.3) is 0 Å². The second kappa shape index (κ2) is 11.9. The van der Waals surface area contributed by atoms with Gasteiger partial charge in [0.1, 0.15) is 17.3 Å². The summed E-state index contributed by atoms with van der Waals surface area (Å²) in [5.74, 6) is 1.48. The molecule has 2 heterocycles. The normalized spacial score (nSPS) is 11.3. The topological polar surface area (TPSA) is 67.0 Å². The zero-order valence-electron chi connectivity index (χ0n) is 23.5. The van der Waals surface area contributed by atoms with Gasteiger partial charge in [-0.25, -0.2) is 4.98 Å². The number of methoxy groups -OCH3 is 1. The van der Waals surface area contributed by atoms with Crippen molar-refractivity contribution < 1.29 is 9.53 Å². The number of amides is 1. The van der Waals surface area contributed by atoms with Gasteiger partial charge in [-0.1, -0.05) is 103 Å². The van der Waals surface area contributed by atoms with Gasteiger partial charge in [0.05, 0.1) is 35.2 Å². The number of carbonyl (C=O) groups excluding carboxylic acids is 1. The largest absolute Gasteiger partial charge is 0.497 e. The smallest absolute Gasteiger partial charge is 0.228 e. The summed E-state index contributed by atoms with van der Waals surface area (Å²) in [6.45, 7) is 1.98. The second-order valence-electron chi connectivity index (χ2n) is 10.1. The van der Waals surface area contributed by atoms with Gasteiger partial charge >= 0.3 is 0 Å². The zero-order valence-corrected chi connectivity index (χ0v) is 24.3. The molecule has 0 unspecified atom stereocenters. The molecule has 0 saturated heterocycles. The van der Waals surface area contributed by atoms with Gasteiger partial charge in [-0.2, -0.15) is 0 Å². The summed E-state index contributed by atoms with van der Waals surface area (Å²) in [4.78, 5) is 22.8. The third-order valence-corrected chi connectivity index (χ3v) is 8.42. The van der Waals surface area contributed by atoms with Gasteiger partial charge in [0.15, 0.2) is 0 Å². The Morgan fingerprint density at radius 1 is 0.810 bits per heavy atom. The van der Waals surface area contributed by atoms with E-state index in [0.717, 1.165) is 55.8 Å². The van der Waals surface area contributed by atoms with Crippen LogP contribution in [-0.4, -0.2) is 23.0 Å². The molecule has 0 aliphatic rings. The van der Waals surface area contributed by atoms with Crippen molar-refractivity contribution in [3.63, 3.8) is 0 Å². The highest BCUT2D eigenvalue weighted by molar-refractivity contribution is 7.14. The third kappa shape index (κ3) is 5.13. The predicted octanol–water partition coefficient (Wildman–Crippen LogP) is 8.02. The van der Waals surface area contributed by atoms with E-state index in [4.69, 9.17) is 9.72 Å². The summed E-state index contributed by atoms with van der Waals surface area (Å²) >= 11 is 1.57. The van der Waals surface area contributed by atoms with E-state index in [2.05, 4.69) is 83.1 Å². The molecule has 1 amide bonds. The molecule has 4 aromatic carbocycles. The molecule has 2 aromatic heterocycles. The van der Waals surface area contributed by atoms with Gasteiger partial charge < -0.3 is 15.0 Å². The number of benzene rings is 4. The number of aromatic nitrogens is 2. The van der Waals surface area contributed by atoms with E-state index in [0.29, 0.717) is 0 Å². The Hall–Kier alpha value is -4.94. The minimum Gasteiger partial charge on any atom is -0.497 e. The van der Waals surface area contributed by atoms with Crippen LogP contribution in [0.2, 0.25) is 0 Å². The average Bonchev–Trinajstić information content (AvgIpc) is 3.65. The summed E-state index contributed by atoms with van der Waals surface area (Å²) in [5, 5.41) is 5.16. The monoisotopic (exact) mass is 569 g/mol. The molecule has 0 atom stereocenters. The standard InChI is InChI=1S/C36H31N3O2S/c1-25-37-33(34-31(22-23-42-34)39-32(40)24-26-18-20-30(41-2)21-19-26)35(38-25)36(27-12-6-3-7-13-27,28-14-8-4-9-15-28)29-16-10-5-11-17-29/h3-23H,24H2,1-2H3,(H,37,38)(H,39,40). The molecule has 6 rings (SSSR count). The number of imidazole rings is 1. The number of hydrogen-bond acceptors (Lipinski definition) is 4. The van der Waals surface area contributed by atoms with E-state index >= 15 is 0 Å². The molecule has 0 saturated carbocycles. The quantitative estimate of drug-likeness (QED) is 0.173. The number of nitrogens with zero attached hydrogens (tertiary/aromatic N) is 1. The highest BCUT2D eigenvalue weighted by atomic mass is 32.1. The minimum atomic E-state index is -0.686. The lowest BCUT2D eigenvalue weighted by Crippen LogP contribution is -2.32. The Morgan fingerprint density at radius 3 is 1.88 bits per heavy atom. The van der Waals surface area contributed by atoms with Crippen LogP contribution >= 0.6 is 11.3 Å². The Kier molecular flexibility index (Phi) is 7.71. The van der Waals surface area contributed by atoms with Crippen LogP contribution in [0.4, 0.5) is 5.69 Å².